The standard InChI is InChI=1S/C18H15NO4.C6H3N3O7/c1-2-15-16(21-9-20-15)6-11(1)5-14-13-8-18-17(22-10-23-18)7-12(13)3-4-19-14;10-6-4(8(13)14)1-3(7(11)12)2-5(6)9(15)16/h1-2,6-8H,3-5,9-10H2;1-2,10H. The fourth-order valence-corrected chi connectivity index (χ4v) is 4.29. The van der Waals surface area contributed by atoms with Crippen LogP contribution in [0.15, 0.2) is 42.5 Å². The summed E-state index contributed by atoms with van der Waals surface area (Å²) in [6, 6.07) is 11.1. The first-order valence-corrected chi connectivity index (χ1v) is 11.4. The van der Waals surface area contributed by atoms with E-state index in [1.807, 2.05) is 6.07 Å². The lowest BCUT2D eigenvalue weighted by Gasteiger charge is -2.13. The third kappa shape index (κ3) is 5.04. The summed E-state index contributed by atoms with van der Waals surface area (Å²) in [4.78, 5) is 31.0. The Kier molecular flexibility index (Phi) is 6.54. The maximum atomic E-state index is 11.1. The van der Waals surface area contributed by atoms with Gasteiger partial charge in [-0.2, -0.15) is 0 Å². The molecule has 3 aliphatic rings. The number of rotatable bonds is 5. The van der Waals surface area contributed by atoms with Gasteiger partial charge in [0.2, 0.25) is 13.6 Å². The summed E-state index contributed by atoms with van der Waals surface area (Å²) < 4.78 is 21.9. The van der Waals surface area contributed by atoms with E-state index in [9.17, 15) is 35.4 Å². The highest BCUT2D eigenvalue weighted by atomic mass is 16.7. The molecule has 0 spiro atoms. The molecule has 0 saturated carbocycles. The highest BCUT2D eigenvalue weighted by Gasteiger charge is 2.26. The Balaban J connectivity index is 0.000000171. The average molecular weight is 538 g/mol. The van der Waals surface area contributed by atoms with Gasteiger partial charge in [0.05, 0.1) is 39.1 Å². The number of fused-ring (bicyclic) bond motifs is 3. The maximum Gasteiger partial charge on any atom is 0.283 e. The molecule has 39 heavy (non-hydrogen) atoms. The van der Waals surface area contributed by atoms with Crippen molar-refractivity contribution in [3.05, 3.63) is 89.5 Å². The average Bonchev–Trinajstić information content (AvgIpc) is 3.56. The summed E-state index contributed by atoms with van der Waals surface area (Å²) in [5.41, 5.74) is 1.67. The van der Waals surface area contributed by atoms with Crippen LogP contribution in [0.1, 0.15) is 16.7 Å². The van der Waals surface area contributed by atoms with Gasteiger partial charge in [-0.3, -0.25) is 30.3 Å². The minimum absolute atomic E-state index is 0.305. The number of hydrogen-bond donors (Lipinski definition) is 1. The number of nitro groups is 3. The van der Waals surface area contributed by atoms with Crippen LogP contribution in [0.4, 0.5) is 17.1 Å². The molecular weight excluding hydrogens is 520 g/mol. The van der Waals surface area contributed by atoms with E-state index < -0.39 is 37.6 Å². The summed E-state index contributed by atoms with van der Waals surface area (Å²) in [6.45, 7) is 1.55. The number of benzene rings is 3. The lowest BCUT2D eigenvalue weighted by molar-refractivity contribution is -0.458. The van der Waals surface area contributed by atoms with Crippen LogP contribution in [0.2, 0.25) is 0 Å². The Labute approximate surface area is 218 Å². The third-order valence-corrected chi connectivity index (χ3v) is 6.11. The van der Waals surface area contributed by atoms with E-state index in [1.54, 1.807) is 0 Å². The van der Waals surface area contributed by atoms with Gasteiger partial charge in [-0.05, 0) is 35.4 Å². The van der Waals surface area contributed by atoms with Crippen molar-refractivity contribution in [2.24, 2.45) is 0 Å². The largest absolute Gasteiger partial charge is 0.863 e. The smallest absolute Gasteiger partial charge is 0.283 e. The summed E-state index contributed by atoms with van der Waals surface area (Å²) in [7, 11) is 0. The topological polar surface area (TPSA) is 203 Å². The fourth-order valence-electron chi connectivity index (χ4n) is 4.29. The van der Waals surface area contributed by atoms with E-state index in [0.29, 0.717) is 25.7 Å². The van der Waals surface area contributed by atoms with Crippen LogP contribution in [0, 0.1) is 30.3 Å². The van der Waals surface area contributed by atoms with Gasteiger partial charge in [-0.15, -0.1) is 0 Å². The van der Waals surface area contributed by atoms with Gasteiger partial charge in [0.15, 0.2) is 28.7 Å². The molecule has 15 heteroatoms. The van der Waals surface area contributed by atoms with Gasteiger partial charge in [-0.25, -0.2) is 4.99 Å². The van der Waals surface area contributed by atoms with Crippen LogP contribution < -0.4 is 29.0 Å². The van der Waals surface area contributed by atoms with E-state index in [1.165, 1.54) is 22.4 Å². The van der Waals surface area contributed by atoms with E-state index in [2.05, 4.69) is 29.3 Å². The monoisotopic (exact) mass is 538 g/mol. The van der Waals surface area contributed by atoms with Crippen molar-refractivity contribution < 1.29 is 43.8 Å². The summed E-state index contributed by atoms with van der Waals surface area (Å²) in [5.74, 6) is 1.87. The minimum Gasteiger partial charge on any atom is -0.863 e. The SMILES string of the molecule is O=[N+]([O-])c1cc([N+](=O)[O-])c([O-])c([N+](=O)[O-])c1.c1cc2c(cc1CC1=[NH+]CCc3cc4c(cc31)OCO4)OCO2. The number of nitrogens with zero attached hydrogens (tertiary/aromatic N) is 3. The van der Waals surface area contributed by atoms with E-state index in [4.69, 9.17) is 18.9 Å². The second-order valence-electron chi connectivity index (χ2n) is 8.47. The Morgan fingerprint density at radius 3 is 1.95 bits per heavy atom. The third-order valence-electron chi connectivity index (χ3n) is 6.11. The second-order valence-corrected chi connectivity index (χ2v) is 8.47. The van der Waals surface area contributed by atoms with Gasteiger partial charge in [-0.1, -0.05) is 6.07 Å². The zero-order valence-corrected chi connectivity index (χ0v) is 19.9. The molecule has 15 nitrogen and oxygen atoms in total. The lowest BCUT2D eigenvalue weighted by atomic mass is 9.93. The highest BCUT2D eigenvalue weighted by Crippen LogP contribution is 2.38. The van der Waals surface area contributed by atoms with Crippen LogP contribution in [0.25, 0.3) is 0 Å². The molecule has 0 aliphatic carbocycles. The molecule has 0 radical (unpaired) electrons. The van der Waals surface area contributed by atoms with Crippen LogP contribution in [0.3, 0.4) is 0 Å². The first kappa shape index (κ1) is 25.2. The molecule has 3 heterocycles. The minimum atomic E-state index is -1.46. The summed E-state index contributed by atoms with van der Waals surface area (Å²) in [6.07, 6.45) is 1.82. The van der Waals surface area contributed by atoms with Gasteiger partial charge in [0.25, 0.3) is 17.1 Å². The predicted octanol–water partition coefficient (Wildman–Crippen LogP) is 1.30. The molecule has 3 aromatic rings. The number of non-ortho nitro benzene ring substituents is 1. The Bertz CT molecular complexity index is 1520. The normalized spacial score (nSPS) is 14.0. The van der Waals surface area contributed by atoms with Crippen molar-refractivity contribution in [2.45, 2.75) is 12.8 Å². The van der Waals surface area contributed by atoms with Crippen molar-refractivity contribution in [1.29, 1.82) is 0 Å². The molecule has 1 N–H and O–H groups in total. The second kappa shape index (κ2) is 10.1. The van der Waals surface area contributed by atoms with E-state index >= 15 is 0 Å². The number of nitro benzene ring substituents is 3. The zero-order valence-electron chi connectivity index (χ0n) is 19.9. The van der Waals surface area contributed by atoms with Crippen molar-refractivity contribution in [3.8, 4) is 28.7 Å². The zero-order chi connectivity index (χ0) is 27.7. The number of ether oxygens (including phenoxy) is 4. The van der Waals surface area contributed by atoms with Crippen molar-refractivity contribution in [3.63, 3.8) is 0 Å². The molecule has 0 aromatic heterocycles. The van der Waals surface area contributed by atoms with Crippen molar-refractivity contribution in [2.75, 3.05) is 20.1 Å². The first-order valence-electron chi connectivity index (χ1n) is 11.4. The maximum absolute atomic E-state index is 11.1. The van der Waals surface area contributed by atoms with Gasteiger partial charge in [0.1, 0.15) is 6.54 Å². The van der Waals surface area contributed by atoms with Crippen molar-refractivity contribution >= 4 is 22.8 Å². The van der Waals surface area contributed by atoms with E-state index in [-0.39, 0.29) is 0 Å². The Morgan fingerprint density at radius 2 is 1.33 bits per heavy atom. The summed E-state index contributed by atoms with van der Waals surface area (Å²) >= 11 is 0. The van der Waals surface area contributed by atoms with Gasteiger partial charge in [0, 0.05) is 12.0 Å². The molecule has 0 bridgehead atoms. The Hall–Kier alpha value is -5.47. The predicted molar refractivity (Wildman–Crippen MR) is 128 cm³/mol. The quantitative estimate of drug-likeness (QED) is 0.362. The number of nitrogens with one attached hydrogen (secondary N) is 1. The molecule has 200 valence electrons. The fraction of sp³-hybridized carbons (Fsp3) is 0.208. The molecule has 0 saturated heterocycles. The summed E-state index contributed by atoms with van der Waals surface area (Å²) in [5, 5.41) is 42.1. The van der Waals surface area contributed by atoms with Crippen LogP contribution in [-0.4, -0.2) is 40.6 Å². The highest BCUT2D eigenvalue weighted by molar-refractivity contribution is 6.00. The Morgan fingerprint density at radius 1 is 0.744 bits per heavy atom. The molecule has 0 amide bonds. The van der Waals surface area contributed by atoms with Crippen LogP contribution in [0.5, 0.6) is 28.7 Å². The molecule has 3 aliphatic heterocycles. The molecule has 6 rings (SSSR count). The number of hydrogen-bond acceptors (Lipinski definition) is 11. The van der Waals surface area contributed by atoms with Crippen LogP contribution in [-0.2, 0) is 12.8 Å². The lowest BCUT2D eigenvalue weighted by Crippen LogP contribution is -2.76. The molecule has 0 fully saturated rings. The van der Waals surface area contributed by atoms with Gasteiger partial charge < -0.3 is 24.1 Å². The van der Waals surface area contributed by atoms with E-state index in [0.717, 1.165) is 42.4 Å². The molecule has 0 atom stereocenters. The molecule has 3 aromatic carbocycles. The molecular formula is C24H18N4O11. The molecule has 0 unspecified atom stereocenters. The van der Waals surface area contributed by atoms with Crippen LogP contribution >= 0.6 is 0 Å². The van der Waals surface area contributed by atoms with Gasteiger partial charge >= 0.3 is 0 Å². The van der Waals surface area contributed by atoms with Crippen molar-refractivity contribution in [1.82, 2.24) is 0 Å². The first-order chi connectivity index (χ1) is 18.7.